The van der Waals surface area contributed by atoms with E-state index in [2.05, 4.69) is 108 Å². The van der Waals surface area contributed by atoms with Gasteiger partial charge in [0.05, 0.1) is 0 Å². The first-order chi connectivity index (χ1) is 15.8. The lowest BCUT2D eigenvalue weighted by molar-refractivity contribution is 0.667. The molecule has 0 spiro atoms. The van der Waals surface area contributed by atoms with Crippen molar-refractivity contribution < 1.29 is 0 Å². The molecule has 0 saturated heterocycles. The van der Waals surface area contributed by atoms with Crippen LogP contribution in [0.4, 0.5) is 16.4 Å². The Balaban J connectivity index is 1.56. The highest BCUT2D eigenvalue weighted by Crippen LogP contribution is 2.40. The SMILES string of the molecule is CCCCCCc1csc(N(c2ccc3ccccc3c2)c2ccc3ccccc3c2)c1. The molecule has 0 aliphatic heterocycles. The smallest absolute Gasteiger partial charge is 0.100 e. The fraction of sp³-hybridized carbons (Fsp3) is 0.200. The van der Waals surface area contributed by atoms with Crippen molar-refractivity contribution in [2.45, 2.75) is 39.0 Å². The van der Waals surface area contributed by atoms with Gasteiger partial charge in [0.15, 0.2) is 0 Å². The molecule has 0 aliphatic rings. The molecule has 5 aromatic rings. The van der Waals surface area contributed by atoms with Crippen LogP contribution in [-0.4, -0.2) is 0 Å². The van der Waals surface area contributed by atoms with E-state index in [1.807, 2.05) is 11.3 Å². The molecule has 5 rings (SSSR count). The van der Waals surface area contributed by atoms with Crippen LogP contribution < -0.4 is 4.90 Å². The van der Waals surface area contributed by atoms with Crippen molar-refractivity contribution in [1.82, 2.24) is 0 Å². The highest BCUT2D eigenvalue weighted by atomic mass is 32.1. The van der Waals surface area contributed by atoms with Gasteiger partial charge in [-0.2, -0.15) is 0 Å². The highest BCUT2D eigenvalue weighted by molar-refractivity contribution is 7.14. The second kappa shape index (κ2) is 9.58. The van der Waals surface area contributed by atoms with Crippen LogP contribution in [0.2, 0.25) is 0 Å². The van der Waals surface area contributed by atoms with E-state index in [0.717, 1.165) is 0 Å². The Bertz CT molecular complexity index is 1250. The van der Waals surface area contributed by atoms with E-state index in [4.69, 9.17) is 0 Å². The minimum absolute atomic E-state index is 1.17. The van der Waals surface area contributed by atoms with Crippen molar-refractivity contribution in [2.24, 2.45) is 0 Å². The van der Waals surface area contributed by atoms with Crippen LogP contribution in [0.15, 0.2) is 96.4 Å². The molecule has 0 unspecified atom stereocenters. The normalized spacial score (nSPS) is 11.3. The fourth-order valence-corrected chi connectivity index (χ4v) is 5.40. The summed E-state index contributed by atoms with van der Waals surface area (Å²) >= 11 is 1.85. The maximum Gasteiger partial charge on any atom is 0.100 e. The zero-order chi connectivity index (χ0) is 21.8. The van der Waals surface area contributed by atoms with Gasteiger partial charge in [-0.25, -0.2) is 0 Å². The van der Waals surface area contributed by atoms with Crippen LogP contribution in [0.3, 0.4) is 0 Å². The van der Waals surface area contributed by atoms with Gasteiger partial charge in [-0.15, -0.1) is 11.3 Å². The second-order valence-electron chi connectivity index (χ2n) is 8.50. The molecule has 0 fully saturated rings. The minimum atomic E-state index is 1.17. The fourth-order valence-electron chi connectivity index (χ4n) is 4.40. The van der Waals surface area contributed by atoms with Gasteiger partial charge >= 0.3 is 0 Å². The van der Waals surface area contributed by atoms with Crippen molar-refractivity contribution in [3.05, 3.63) is 102 Å². The first-order valence-electron chi connectivity index (χ1n) is 11.7. The predicted molar refractivity (Wildman–Crippen MR) is 142 cm³/mol. The molecular weight excluding hydrogens is 406 g/mol. The second-order valence-corrected chi connectivity index (χ2v) is 9.39. The number of hydrogen-bond donors (Lipinski definition) is 0. The number of nitrogens with zero attached hydrogens (tertiary/aromatic N) is 1. The van der Waals surface area contributed by atoms with Gasteiger partial charge in [0, 0.05) is 11.4 Å². The van der Waals surface area contributed by atoms with Gasteiger partial charge in [0.2, 0.25) is 0 Å². The van der Waals surface area contributed by atoms with Crippen LogP contribution in [0, 0.1) is 0 Å². The van der Waals surface area contributed by atoms with Gasteiger partial charge in [-0.05, 0) is 75.7 Å². The van der Waals surface area contributed by atoms with Crippen LogP contribution in [0.5, 0.6) is 0 Å². The van der Waals surface area contributed by atoms with E-state index in [1.54, 1.807) is 0 Å². The Morgan fingerprint density at radius 1 is 0.625 bits per heavy atom. The number of fused-ring (bicyclic) bond motifs is 2. The number of unbranched alkanes of at least 4 members (excludes halogenated alkanes) is 3. The summed E-state index contributed by atoms with van der Waals surface area (Å²) in [5.74, 6) is 0. The summed E-state index contributed by atoms with van der Waals surface area (Å²) in [6.07, 6.45) is 6.38. The summed E-state index contributed by atoms with van der Waals surface area (Å²) in [5, 5.41) is 8.71. The average Bonchev–Trinajstić information content (AvgIpc) is 3.30. The van der Waals surface area contributed by atoms with Crippen molar-refractivity contribution in [2.75, 3.05) is 4.90 Å². The lowest BCUT2D eigenvalue weighted by atomic mass is 10.1. The van der Waals surface area contributed by atoms with Gasteiger partial charge < -0.3 is 4.90 Å². The number of benzene rings is 4. The molecule has 0 aliphatic carbocycles. The molecule has 1 nitrogen and oxygen atoms in total. The van der Waals surface area contributed by atoms with Gasteiger partial charge in [0.25, 0.3) is 0 Å². The van der Waals surface area contributed by atoms with Gasteiger partial charge in [0.1, 0.15) is 5.00 Å². The largest absolute Gasteiger partial charge is 0.302 e. The third kappa shape index (κ3) is 4.42. The summed E-state index contributed by atoms with van der Waals surface area (Å²) in [6.45, 7) is 2.27. The zero-order valence-corrected chi connectivity index (χ0v) is 19.4. The van der Waals surface area contributed by atoms with E-state index in [0.29, 0.717) is 0 Å². The van der Waals surface area contributed by atoms with Crippen LogP contribution in [0.25, 0.3) is 21.5 Å². The van der Waals surface area contributed by atoms with Crippen molar-refractivity contribution in [1.29, 1.82) is 0 Å². The first kappa shape index (κ1) is 20.8. The third-order valence-electron chi connectivity index (χ3n) is 6.16. The summed E-state index contributed by atoms with van der Waals surface area (Å²) in [6, 6.07) is 33.2. The highest BCUT2D eigenvalue weighted by Gasteiger charge is 2.16. The molecule has 0 saturated carbocycles. The Morgan fingerprint density at radius 3 is 1.81 bits per heavy atom. The summed E-state index contributed by atoms with van der Waals surface area (Å²) < 4.78 is 0. The summed E-state index contributed by atoms with van der Waals surface area (Å²) in [4.78, 5) is 2.42. The molecule has 0 N–H and O–H groups in total. The molecule has 32 heavy (non-hydrogen) atoms. The van der Waals surface area contributed by atoms with E-state index < -0.39 is 0 Å². The number of thiophene rings is 1. The topological polar surface area (TPSA) is 3.24 Å². The molecule has 2 heteroatoms. The van der Waals surface area contributed by atoms with E-state index in [-0.39, 0.29) is 0 Å². The standard InChI is InChI=1S/C30H29NS/c1-2-3-4-5-10-23-19-30(32-22-23)31(28-17-15-24-11-6-8-13-26(24)20-28)29-18-16-25-12-7-9-14-27(25)21-29/h6-9,11-22H,2-5,10H2,1H3. The lowest BCUT2D eigenvalue weighted by Crippen LogP contribution is -2.08. The Morgan fingerprint density at radius 2 is 1.22 bits per heavy atom. The van der Waals surface area contributed by atoms with Gasteiger partial charge in [-0.3, -0.25) is 0 Å². The molecule has 160 valence electrons. The average molecular weight is 436 g/mol. The molecule has 0 amide bonds. The number of aryl methyl sites for hydroxylation is 1. The molecule has 4 aromatic carbocycles. The molecule has 1 aromatic heterocycles. The summed E-state index contributed by atoms with van der Waals surface area (Å²) in [7, 11) is 0. The lowest BCUT2D eigenvalue weighted by Gasteiger charge is -2.24. The van der Waals surface area contributed by atoms with Crippen LogP contribution in [0.1, 0.15) is 38.2 Å². The van der Waals surface area contributed by atoms with Gasteiger partial charge in [-0.1, -0.05) is 86.8 Å². The predicted octanol–water partition coefficient (Wildman–Crippen LogP) is 9.65. The third-order valence-corrected chi connectivity index (χ3v) is 7.12. The monoisotopic (exact) mass is 435 g/mol. The van der Waals surface area contributed by atoms with Crippen molar-refractivity contribution in [3.8, 4) is 0 Å². The van der Waals surface area contributed by atoms with Crippen molar-refractivity contribution in [3.63, 3.8) is 0 Å². The zero-order valence-electron chi connectivity index (χ0n) is 18.6. The molecule has 0 radical (unpaired) electrons. The Kier molecular flexibility index (Phi) is 6.22. The minimum Gasteiger partial charge on any atom is -0.302 e. The molecule has 1 heterocycles. The maximum atomic E-state index is 2.42. The maximum absolute atomic E-state index is 2.42. The van der Waals surface area contributed by atoms with Crippen LogP contribution >= 0.6 is 11.3 Å². The molecule has 0 atom stereocenters. The molecule has 0 bridgehead atoms. The van der Waals surface area contributed by atoms with Crippen molar-refractivity contribution >= 4 is 49.3 Å². The quantitative estimate of drug-likeness (QED) is 0.219. The van der Waals surface area contributed by atoms with Crippen LogP contribution in [-0.2, 0) is 6.42 Å². The summed E-state index contributed by atoms with van der Waals surface area (Å²) in [5.41, 5.74) is 3.87. The van der Waals surface area contributed by atoms with E-state index in [9.17, 15) is 0 Å². The first-order valence-corrected chi connectivity index (χ1v) is 12.5. The van der Waals surface area contributed by atoms with E-state index in [1.165, 1.54) is 75.6 Å². The number of anilines is 3. The Labute approximate surface area is 194 Å². The number of rotatable bonds is 8. The molecular formula is C30H29NS. The number of hydrogen-bond acceptors (Lipinski definition) is 2. The Hall–Kier alpha value is -3.10. The van der Waals surface area contributed by atoms with E-state index >= 15 is 0 Å².